The minimum absolute atomic E-state index is 0.178. The Morgan fingerprint density at radius 1 is 0.853 bits per heavy atom. The summed E-state index contributed by atoms with van der Waals surface area (Å²) in [5.41, 5.74) is 3.72. The van der Waals surface area contributed by atoms with E-state index in [9.17, 15) is 9.90 Å². The smallest absolute Gasteiger partial charge is 0.196 e. The highest BCUT2D eigenvalue weighted by Crippen LogP contribution is 2.43. The van der Waals surface area contributed by atoms with Crippen LogP contribution in [0.25, 0.3) is 0 Å². The summed E-state index contributed by atoms with van der Waals surface area (Å²) in [6, 6.07) is 32.1. The lowest BCUT2D eigenvalue weighted by Gasteiger charge is -2.28. The highest BCUT2D eigenvalue weighted by molar-refractivity contribution is 6.13. The number of aromatic hydroxyl groups is 1. The molecular formula is C29H24N2O3. The molecule has 5 nitrogen and oxygen atoms in total. The van der Waals surface area contributed by atoms with Crippen LogP contribution in [0.15, 0.2) is 108 Å². The summed E-state index contributed by atoms with van der Waals surface area (Å²) < 4.78 is 6.24. The molecule has 0 spiro atoms. The van der Waals surface area contributed by atoms with Crippen molar-refractivity contribution in [1.82, 2.24) is 5.32 Å². The standard InChI is InChI=1S/C29H24N2O3/c32-27(22-14-8-3-9-15-22)23-16-17-24-26(28(23)33)31-25(21-12-6-2-7-13-21)29(34-24)30-19-18-20-10-4-1-5-11-20/h1-17,29-30,33H,18-19H2. The number of ether oxygens (including phenoxy) is 1. The summed E-state index contributed by atoms with van der Waals surface area (Å²) in [5.74, 6) is -0.0120. The first-order chi connectivity index (χ1) is 16.7. The van der Waals surface area contributed by atoms with Crippen molar-refractivity contribution < 1.29 is 14.6 Å². The van der Waals surface area contributed by atoms with E-state index in [0.717, 1.165) is 12.0 Å². The first kappa shape index (κ1) is 21.6. The molecule has 34 heavy (non-hydrogen) atoms. The van der Waals surface area contributed by atoms with Crippen LogP contribution in [0, 0.1) is 0 Å². The van der Waals surface area contributed by atoms with Gasteiger partial charge in [0.2, 0.25) is 0 Å². The molecule has 4 aromatic carbocycles. The molecular weight excluding hydrogens is 424 g/mol. The number of nitrogens with zero attached hydrogens (tertiary/aromatic N) is 1. The fourth-order valence-electron chi connectivity index (χ4n) is 4.01. The number of hydrogen-bond acceptors (Lipinski definition) is 5. The van der Waals surface area contributed by atoms with Gasteiger partial charge in [-0.3, -0.25) is 10.1 Å². The monoisotopic (exact) mass is 448 g/mol. The second kappa shape index (κ2) is 9.73. The second-order valence-corrected chi connectivity index (χ2v) is 8.05. The molecule has 0 aromatic heterocycles. The third kappa shape index (κ3) is 4.47. The fraction of sp³-hybridized carbons (Fsp3) is 0.103. The van der Waals surface area contributed by atoms with E-state index in [1.165, 1.54) is 5.56 Å². The van der Waals surface area contributed by atoms with E-state index < -0.39 is 6.23 Å². The van der Waals surface area contributed by atoms with Crippen molar-refractivity contribution in [2.24, 2.45) is 4.99 Å². The number of ketones is 1. The van der Waals surface area contributed by atoms with Crippen LogP contribution in [0.3, 0.4) is 0 Å². The van der Waals surface area contributed by atoms with Crippen molar-refractivity contribution in [2.75, 3.05) is 6.54 Å². The van der Waals surface area contributed by atoms with E-state index in [-0.39, 0.29) is 22.8 Å². The zero-order valence-corrected chi connectivity index (χ0v) is 18.5. The van der Waals surface area contributed by atoms with Crippen LogP contribution in [0.2, 0.25) is 0 Å². The predicted octanol–water partition coefficient (Wildman–Crippen LogP) is 5.29. The largest absolute Gasteiger partial charge is 0.505 e. The molecule has 1 atom stereocenters. The molecule has 0 radical (unpaired) electrons. The highest BCUT2D eigenvalue weighted by atomic mass is 16.5. The Morgan fingerprint density at radius 3 is 2.21 bits per heavy atom. The molecule has 0 amide bonds. The van der Waals surface area contributed by atoms with Gasteiger partial charge in [-0.15, -0.1) is 0 Å². The summed E-state index contributed by atoms with van der Waals surface area (Å²) in [6.07, 6.45) is 0.347. The van der Waals surface area contributed by atoms with Gasteiger partial charge in [0.1, 0.15) is 11.4 Å². The molecule has 1 unspecified atom stereocenters. The lowest BCUT2D eigenvalue weighted by atomic mass is 10.0. The molecule has 0 fully saturated rings. The molecule has 168 valence electrons. The maximum absolute atomic E-state index is 13.0. The van der Waals surface area contributed by atoms with Gasteiger partial charge in [0.15, 0.2) is 23.5 Å². The van der Waals surface area contributed by atoms with E-state index in [4.69, 9.17) is 9.73 Å². The van der Waals surface area contributed by atoms with Crippen molar-refractivity contribution in [1.29, 1.82) is 0 Å². The molecule has 5 heteroatoms. The van der Waals surface area contributed by atoms with Gasteiger partial charge in [-0.25, -0.2) is 4.99 Å². The predicted molar refractivity (Wildman–Crippen MR) is 133 cm³/mol. The van der Waals surface area contributed by atoms with Crippen LogP contribution in [0.4, 0.5) is 5.69 Å². The summed E-state index contributed by atoms with van der Waals surface area (Å²) in [4.78, 5) is 17.8. The normalized spacial score (nSPS) is 14.6. The van der Waals surface area contributed by atoms with Gasteiger partial charge in [0.05, 0.1) is 5.56 Å². The van der Waals surface area contributed by atoms with Gasteiger partial charge < -0.3 is 9.84 Å². The Labute approximate surface area is 198 Å². The van der Waals surface area contributed by atoms with Crippen LogP contribution in [-0.4, -0.2) is 29.4 Å². The number of aliphatic imine (C=N–C) groups is 1. The van der Waals surface area contributed by atoms with Crippen LogP contribution < -0.4 is 10.1 Å². The molecule has 0 bridgehead atoms. The third-order valence-electron chi connectivity index (χ3n) is 5.78. The summed E-state index contributed by atoms with van der Waals surface area (Å²) >= 11 is 0. The van der Waals surface area contributed by atoms with Crippen LogP contribution in [0.5, 0.6) is 11.5 Å². The summed E-state index contributed by atoms with van der Waals surface area (Å²) in [6.45, 7) is 0.687. The molecule has 0 aliphatic carbocycles. The minimum atomic E-state index is -0.492. The Hall–Kier alpha value is -4.22. The van der Waals surface area contributed by atoms with E-state index in [1.807, 2.05) is 54.6 Å². The molecule has 5 rings (SSSR count). The SMILES string of the molecule is O=C(c1ccccc1)c1ccc2c(c1O)N=C(c1ccccc1)C(NCCc1ccccc1)O2. The van der Waals surface area contributed by atoms with Gasteiger partial charge in [0.25, 0.3) is 0 Å². The molecule has 4 aromatic rings. The fourth-order valence-corrected chi connectivity index (χ4v) is 4.01. The number of benzene rings is 4. The van der Waals surface area contributed by atoms with Crippen molar-refractivity contribution in [3.63, 3.8) is 0 Å². The molecule has 1 heterocycles. The van der Waals surface area contributed by atoms with Gasteiger partial charge >= 0.3 is 0 Å². The van der Waals surface area contributed by atoms with Crippen molar-refractivity contribution in [2.45, 2.75) is 12.6 Å². The van der Waals surface area contributed by atoms with Gasteiger partial charge in [-0.2, -0.15) is 0 Å². The van der Waals surface area contributed by atoms with Crippen molar-refractivity contribution in [3.8, 4) is 11.5 Å². The van der Waals surface area contributed by atoms with Gasteiger partial charge in [0, 0.05) is 17.7 Å². The first-order valence-corrected chi connectivity index (χ1v) is 11.2. The molecule has 0 saturated carbocycles. The van der Waals surface area contributed by atoms with Crippen molar-refractivity contribution >= 4 is 17.2 Å². The molecule has 2 N–H and O–H groups in total. The quantitative estimate of drug-likeness (QED) is 0.377. The van der Waals surface area contributed by atoms with Crippen LogP contribution in [-0.2, 0) is 6.42 Å². The van der Waals surface area contributed by atoms with E-state index in [2.05, 4.69) is 17.4 Å². The summed E-state index contributed by atoms with van der Waals surface area (Å²) in [5, 5.41) is 14.5. The number of carbonyl (C=O) groups is 1. The topological polar surface area (TPSA) is 70.9 Å². The van der Waals surface area contributed by atoms with Crippen LogP contribution >= 0.6 is 0 Å². The van der Waals surface area contributed by atoms with E-state index >= 15 is 0 Å². The molecule has 1 aliphatic heterocycles. The minimum Gasteiger partial charge on any atom is -0.505 e. The lowest BCUT2D eigenvalue weighted by molar-refractivity contribution is 0.103. The Kier molecular flexibility index (Phi) is 6.19. The third-order valence-corrected chi connectivity index (χ3v) is 5.78. The number of phenols is 1. The van der Waals surface area contributed by atoms with E-state index in [0.29, 0.717) is 23.6 Å². The van der Waals surface area contributed by atoms with Gasteiger partial charge in [-0.05, 0) is 24.1 Å². The van der Waals surface area contributed by atoms with Crippen LogP contribution in [0.1, 0.15) is 27.0 Å². The van der Waals surface area contributed by atoms with Gasteiger partial charge in [-0.1, -0.05) is 91.0 Å². The van der Waals surface area contributed by atoms with Crippen molar-refractivity contribution in [3.05, 3.63) is 125 Å². The Balaban J connectivity index is 1.47. The maximum atomic E-state index is 13.0. The zero-order valence-electron chi connectivity index (χ0n) is 18.5. The molecule has 0 saturated heterocycles. The average molecular weight is 449 g/mol. The second-order valence-electron chi connectivity index (χ2n) is 8.05. The number of phenolic OH excluding ortho intramolecular Hbond substituents is 1. The first-order valence-electron chi connectivity index (χ1n) is 11.2. The Morgan fingerprint density at radius 2 is 1.50 bits per heavy atom. The molecule has 1 aliphatic rings. The number of fused-ring (bicyclic) bond motifs is 1. The zero-order chi connectivity index (χ0) is 23.3. The summed E-state index contributed by atoms with van der Waals surface area (Å²) in [7, 11) is 0. The average Bonchev–Trinajstić information content (AvgIpc) is 2.90. The Bertz CT molecular complexity index is 1320. The number of nitrogens with one attached hydrogen (secondary N) is 1. The maximum Gasteiger partial charge on any atom is 0.196 e. The lowest BCUT2D eigenvalue weighted by Crippen LogP contribution is -2.44. The number of hydrogen-bond donors (Lipinski definition) is 2. The number of rotatable bonds is 7. The number of carbonyl (C=O) groups excluding carboxylic acids is 1. The highest BCUT2D eigenvalue weighted by Gasteiger charge is 2.29. The van der Waals surface area contributed by atoms with E-state index in [1.54, 1.807) is 36.4 Å².